The van der Waals surface area contributed by atoms with E-state index in [1.54, 1.807) is 9.80 Å². The highest BCUT2D eigenvalue weighted by Crippen LogP contribution is 2.15. The van der Waals surface area contributed by atoms with E-state index in [0.717, 1.165) is 0 Å². The van der Waals surface area contributed by atoms with E-state index >= 15 is 0 Å². The molecule has 0 aliphatic carbocycles. The number of urea groups is 2. The molecule has 0 bridgehead atoms. The lowest BCUT2D eigenvalue weighted by Gasteiger charge is -2.38. The Morgan fingerprint density at radius 3 is 2.79 bits per heavy atom. The first-order chi connectivity index (χ1) is 8.91. The molecule has 2 atom stereocenters. The summed E-state index contributed by atoms with van der Waals surface area (Å²) >= 11 is 0. The lowest BCUT2D eigenvalue weighted by Crippen LogP contribution is -2.57. The molecular weight excluding hydrogens is 252 g/mol. The molecular formula is C11H18N4O4. The molecule has 2 N–H and O–H groups in total. The molecule has 0 aromatic carbocycles. The lowest BCUT2D eigenvalue weighted by molar-refractivity contribution is -0.141. The second-order valence-electron chi connectivity index (χ2n) is 4.89. The number of nitrogens with zero attached hydrogens (tertiary/aromatic N) is 3. The first-order valence-corrected chi connectivity index (χ1v) is 6.21. The summed E-state index contributed by atoms with van der Waals surface area (Å²) in [5.74, 6) is -1.04. The van der Waals surface area contributed by atoms with Crippen LogP contribution in [0.2, 0.25) is 0 Å². The molecule has 0 saturated carbocycles. The van der Waals surface area contributed by atoms with Crippen molar-refractivity contribution in [2.45, 2.75) is 19.0 Å². The number of aliphatic carboxylic acids is 1. The number of rotatable bonds is 2. The fraction of sp³-hybridized carbons (Fsp3) is 0.727. The standard InChI is InChI=1S/C11H18N4O4/c1-7(9(16)17)13(2)11(19)14-3-4-15-8(6-14)5-12-10(15)18/h7-8H,3-6H2,1-2H3,(H,12,18)(H,16,17). The van der Waals surface area contributed by atoms with Gasteiger partial charge in [0.2, 0.25) is 0 Å². The minimum atomic E-state index is -1.04. The second kappa shape index (κ2) is 4.94. The highest BCUT2D eigenvalue weighted by Gasteiger charge is 2.38. The molecule has 8 heteroatoms. The predicted molar refractivity (Wildman–Crippen MR) is 65.7 cm³/mol. The molecule has 0 aromatic rings. The molecule has 2 heterocycles. The van der Waals surface area contributed by atoms with Crippen molar-refractivity contribution in [3.8, 4) is 0 Å². The van der Waals surface area contributed by atoms with Crippen molar-refractivity contribution in [1.29, 1.82) is 0 Å². The maximum atomic E-state index is 12.2. The molecule has 2 saturated heterocycles. The monoisotopic (exact) mass is 270 g/mol. The molecule has 0 radical (unpaired) electrons. The van der Waals surface area contributed by atoms with Crippen molar-refractivity contribution in [3.63, 3.8) is 0 Å². The number of carboxylic acids is 1. The van der Waals surface area contributed by atoms with Crippen LogP contribution in [-0.2, 0) is 4.79 Å². The zero-order valence-corrected chi connectivity index (χ0v) is 11.0. The molecule has 2 aliphatic rings. The third kappa shape index (κ3) is 2.42. The number of carbonyl (C=O) groups is 3. The SMILES string of the molecule is CC(C(=O)O)N(C)C(=O)N1CCN2C(=O)NCC2C1. The van der Waals surface area contributed by atoms with Gasteiger partial charge in [-0.25, -0.2) is 14.4 Å². The van der Waals surface area contributed by atoms with Crippen LogP contribution < -0.4 is 5.32 Å². The van der Waals surface area contributed by atoms with E-state index in [1.807, 2.05) is 0 Å². The predicted octanol–water partition coefficient (Wildman–Crippen LogP) is -0.779. The second-order valence-corrected chi connectivity index (χ2v) is 4.89. The third-order valence-corrected chi connectivity index (χ3v) is 3.74. The maximum Gasteiger partial charge on any atom is 0.326 e. The summed E-state index contributed by atoms with van der Waals surface area (Å²) in [6, 6.07) is -1.29. The average molecular weight is 270 g/mol. The van der Waals surface area contributed by atoms with Gasteiger partial charge in [0.25, 0.3) is 0 Å². The van der Waals surface area contributed by atoms with Gasteiger partial charge in [-0.2, -0.15) is 0 Å². The van der Waals surface area contributed by atoms with Crippen LogP contribution in [0.1, 0.15) is 6.92 Å². The zero-order chi connectivity index (χ0) is 14.2. The molecule has 0 aromatic heterocycles. The largest absolute Gasteiger partial charge is 0.480 e. The number of likely N-dealkylation sites (N-methyl/N-ethyl adjacent to an activating group) is 1. The number of hydrogen-bond acceptors (Lipinski definition) is 3. The van der Waals surface area contributed by atoms with Gasteiger partial charge in [0, 0.05) is 33.2 Å². The van der Waals surface area contributed by atoms with E-state index in [9.17, 15) is 14.4 Å². The number of fused-ring (bicyclic) bond motifs is 1. The lowest BCUT2D eigenvalue weighted by atomic mass is 10.2. The molecule has 2 aliphatic heterocycles. The Bertz CT molecular complexity index is 413. The molecule has 4 amide bonds. The topological polar surface area (TPSA) is 93.2 Å². The van der Waals surface area contributed by atoms with Gasteiger partial charge in [0.05, 0.1) is 6.04 Å². The molecule has 0 spiro atoms. The first-order valence-electron chi connectivity index (χ1n) is 6.21. The Labute approximate surface area is 110 Å². The van der Waals surface area contributed by atoms with Gasteiger partial charge >= 0.3 is 18.0 Å². The highest BCUT2D eigenvalue weighted by molar-refractivity contribution is 5.83. The molecule has 106 valence electrons. The summed E-state index contributed by atoms with van der Waals surface area (Å²) < 4.78 is 0. The summed E-state index contributed by atoms with van der Waals surface area (Å²) in [4.78, 5) is 39.0. The van der Waals surface area contributed by atoms with Gasteiger partial charge < -0.3 is 25.1 Å². The summed E-state index contributed by atoms with van der Waals surface area (Å²) in [5, 5.41) is 11.6. The van der Waals surface area contributed by atoms with Crippen LogP contribution in [-0.4, -0.2) is 83.1 Å². The maximum absolute atomic E-state index is 12.2. The quantitative estimate of drug-likeness (QED) is 0.688. The normalized spacial score (nSPS) is 23.7. The number of nitrogens with one attached hydrogen (secondary N) is 1. The molecule has 8 nitrogen and oxygen atoms in total. The number of carbonyl (C=O) groups excluding carboxylic acids is 2. The summed E-state index contributed by atoms with van der Waals surface area (Å²) in [5.41, 5.74) is 0. The van der Waals surface area contributed by atoms with Crippen LogP contribution in [0.3, 0.4) is 0 Å². The minimum Gasteiger partial charge on any atom is -0.480 e. The minimum absolute atomic E-state index is 0.0151. The Balaban J connectivity index is 1.98. The number of carboxylic acid groups (broad SMARTS) is 1. The summed E-state index contributed by atoms with van der Waals surface area (Å²) in [6.45, 7) is 3.35. The van der Waals surface area contributed by atoms with Crippen molar-refractivity contribution >= 4 is 18.0 Å². The summed E-state index contributed by atoms with van der Waals surface area (Å²) in [7, 11) is 1.48. The van der Waals surface area contributed by atoms with Crippen molar-refractivity contribution in [1.82, 2.24) is 20.0 Å². The van der Waals surface area contributed by atoms with E-state index in [4.69, 9.17) is 5.11 Å². The van der Waals surface area contributed by atoms with Crippen molar-refractivity contribution in [2.24, 2.45) is 0 Å². The Kier molecular flexibility index (Phi) is 3.50. The molecule has 2 unspecified atom stereocenters. The zero-order valence-electron chi connectivity index (χ0n) is 11.0. The van der Waals surface area contributed by atoms with Gasteiger partial charge in [-0.3, -0.25) is 0 Å². The van der Waals surface area contributed by atoms with E-state index in [-0.39, 0.29) is 18.1 Å². The summed E-state index contributed by atoms with van der Waals surface area (Å²) in [6.07, 6.45) is 0. The molecule has 2 fully saturated rings. The van der Waals surface area contributed by atoms with E-state index in [2.05, 4.69) is 5.32 Å². The highest BCUT2D eigenvalue weighted by atomic mass is 16.4. The fourth-order valence-electron chi connectivity index (χ4n) is 2.33. The van der Waals surface area contributed by atoms with E-state index in [0.29, 0.717) is 26.2 Å². The Morgan fingerprint density at radius 1 is 1.47 bits per heavy atom. The van der Waals surface area contributed by atoms with Gasteiger partial charge in [-0.15, -0.1) is 0 Å². The number of hydrogen-bond donors (Lipinski definition) is 2. The van der Waals surface area contributed by atoms with E-state index in [1.165, 1.54) is 18.9 Å². The van der Waals surface area contributed by atoms with Gasteiger partial charge in [-0.05, 0) is 6.92 Å². The molecule has 19 heavy (non-hydrogen) atoms. The van der Waals surface area contributed by atoms with Gasteiger partial charge in [-0.1, -0.05) is 0 Å². The van der Waals surface area contributed by atoms with Crippen LogP contribution in [0.25, 0.3) is 0 Å². The van der Waals surface area contributed by atoms with Crippen molar-refractivity contribution < 1.29 is 19.5 Å². The van der Waals surface area contributed by atoms with Crippen molar-refractivity contribution in [3.05, 3.63) is 0 Å². The molecule has 2 rings (SSSR count). The van der Waals surface area contributed by atoms with Crippen LogP contribution in [0.5, 0.6) is 0 Å². The van der Waals surface area contributed by atoms with Gasteiger partial charge in [0.15, 0.2) is 0 Å². The fourth-order valence-corrected chi connectivity index (χ4v) is 2.33. The van der Waals surface area contributed by atoms with Crippen LogP contribution in [0, 0.1) is 0 Å². The Morgan fingerprint density at radius 2 is 2.16 bits per heavy atom. The van der Waals surface area contributed by atoms with Crippen LogP contribution in [0.15, 0.2) is 0 Å². The third-order valence-electron chi connectivity index (χ3n) is 3.74. The van der Waals surface area contributed by atoms with E-state index < -0.39 is 12.0 Å². The van der Waals surface area contributed by atoms with Crippen LogP contribution in [0.4, 0.5) is 9.59 Å². The van der Waals surface area contributed by atoms with Crippen LogP contribution >= 0.6 is 0 Å². The average Bonchev–Trinajstić information content (AvgIpc) is 2.77. The van der Waals surface area contributed by atoms with Gasteiger partial charge in [0.1, 0.15) is 6.04 Å². The van der Waals surface area contributed by atoms with Crippen molar-refractivity contribution in [2.75, 3.05) is 33.2 Å². The smallest absolute Gasteiger partial charge is 0.326 e. The first kappa shape index (κ1) is 13.4. The number of piperazine rings is 1. The Hall–Kier alpha value is -1.99. The number of amides is 4.